The van der Waals surface area contributed by atoms with Crippen LogP contribution < -0.4 is 0 Å². The summed E-state index contributed by atoms with van der Waals surface area (Å²) in [6.45, 7) is 1.75. The average molecular weight is 183 g/mol. The van der Waals surface area contributed by atoms with Crippen LogP contribution in [0.3, 0.4) is 0 Å². The summed E-state index contributed by atoms with van der Waals surface area (Å²) in [4.78, 5) is 0. The standard InChI is InChI=1S/C4H9NO.CH4O3S/c6-5-3-1-2-4-5;1-5(2,3)4/h6H,1-4H2;1H3,(H,2,3,4). The van der Waals surface area contributed by atoms with Crippen molar-refractivity contribution in [3.05, 3.63) is 0 Å². The first-order valence-electron chi connectivity index (χ1n) is 3.26. The van der Waals surface area contributed by atoms with Gasteiger partial charge in [0.25, 0.3) is 10.1 Å². The maximum absolute atomic E-state index is 9.19. The molecule has 1 aliphatic heterocycles. The van der Waals surface area contributed by atoms with Gasteiger partial charge in [-0.05, 0) is 12.8 Å². The molecule has 1 rings (SSSR count). The van der Waals surface area contributed by atoms with Crippen molar-refractivity contribution in [3.8, 4) is 0 Å². The third-order valence-corrected chi connectivity index (χ3v) is 1.08. The van der Waals surface area contributed by atoms with Gasteiger partial charge < -0.3 is 5.21 Å². The molecule has 0 aromatic carbocycles. The fraction of sp³-hybridized carbons (Fsp3) is 1.00. The van der Waals surface area contributed by atoms with Gasteiger partial charge in [0.1, 0.15) is 0 Å². The van der Waals surface area contributed by atoms with Crippen LogP contribution in [0.2, 0.25) is 0 Å². The van der Waals surface area contributed by atoms with Gasteiger partial charge in [0.05, 0.1) is 6.26 Å². The molecule has 2 N–H and O–H groups in total. The van der Waals surface area contributed by atoms with Gasteiger partial charge in [-0.2, -0.15) is 13.5 Å². The molecule has 5 nitrogen and oxygen atoms in total. The molecular weight excluding hydrogens is 170 g/mol. The van der Waals surface area contributed by atoms with Crippen molar-refractivity contribution in [1.29, 1.82) is 0 Å². The summed E-state index contributed by atoms with van der Waals surface area (Å²) >= 11 is 0. The van der Waals surface area contributed by atoms with Gasteiger partial charge in [0, 0.05) is 13.1 Å². The number of hydrogen-bond donors (Lipinski definition) is 2. The van der Waals surface area contributed by atoms with Crippen molar-refractivity contribution in [2.24, 2.45) is 0 Å². The predicted octanol–water partition coefficient (Wildman–Crippen LogP) is -0.0246. The Hall–Kier alpha value is -0.170. The normalized spacial score (nSPS) is 19.2. The van der Waals surface area contributed by atoms with Crippen LogP contribution in [-0.4, -0.2) is 42.6 Å². The van der Waals surface area contributed by atoms with E-state index >= 15 is 0 Å². The minimum absolute atomic E-state index is 0.715. The molecule has 11 heavy (non-hydrogen) atoms. The minimum atomic E-state index is -3.67. The van der Waals surface area contributed by atoms with Crippen molar-refractivity contribution < 1.29 is 18.2 Å². The van der Waals surface area contributed by atoms with Crippen LogP contribution >= 0.6 is 0 Å². The highest BCUT2D eigenvalue weighted by atomic mass is 32.2. The molecule has 0 aromatic heterocycles. The van der Waals surface area contributed by atoms with E-state index in [9.17, 15) is 8.42 Å². The lowest BCUT2D eigenvalue weighted by molar-refractivity contribution is -0.0678. The molecule has 0 spiro atoms. The maximum atomic E-state index is 9.19. The summed E-state index contributed by atoms with van der Waals surface area (Å²) in [7, 11) is -3.67. The molecular formula is C5H13NO4S. The fourth-order valence-electron chi connectivity index (χ4n) is 0.700. The third kappa shape index (κ3) is 12.9. The van der Waals surface area contributed by atoms with E-state index in [1.807, 2.05) is 0 Å². The van der Waals surface area contributed by atoms with Crippen molar-refractivity contribution in [2.45, 2.75) is 12.8 Å². The quantitative estimate of drug-likeness (QED) is 0.516. The van der Waals surface area contributed by atoms with Crippen molar-refractivity contribution >= 4 is 10.1 Å². The molecule has 0 aliphatic carbocycles. The van der Waals surface area contributed by atoms with Gasteiger partial charge in [0.2, 0.25) is 0 Å². The molecule has 1 aliphatic rings. The highest BCUT2D eigenvalue weighted by molar-refractivity contribution is 7.85. The predicted molar refractivity (Wildman–Crippen MR) is 40.1 cm³/mol. The fourth-order valence-corrected chi connectivity index (χ4v) is 0.700. The highest BCUT2D eigenvalue weighted by Gasteiger charge is 2.05. The summed E-state index contributed by atoms with van der Waals surface area (Å²) in [6.07, 6.45) is 3.04. The van der Waals surface area contributed by atoms with E-state index in [1.165, 1.54) is 5.06 Å². The zero-order chi connectivity index (χ0) is 8.91. The molecule has 6 heteroatoms. The third-order valence-electron chi connectivity index (χ3n) is 1.08. The summed E-state index contributed by atoms with van der Waals surface area (Å²) in [5.41, 5.74) is 0. The Balaban J connectivity index is 0.000000187. The Bertz CT molecular complexity index is 175. The second-order valence-electron chi connectivity index (χ2n) is 2.39. The largest absolute Gasteiger partial charge is 0.314 e. The Morgan fingerprint density at radius 3 is 1.64 bits per heavy atom. The van der Waals surface area contributed by atoms with Crippen LogP contribution in [0.25, 0.3) is 0 Å². The van der Waals surface area contributed by atoms with Crippen LogP contribution in [0.5, 0.6) is 0 Å². The Morgan fingerprint density at radius 1 is 1.27 bits per heavy atom. The topological polar surface area (TPSA) is 77.8 Å². The van der Waals surface area contributed by atoms with Crippen LogP contribution in [0.1, 0.15) is 12.8 Å². The second kappa shape index (κ2) is 4.66. The van der Waals surface area contributed by atoms with Crippen molar-refractivity contribution in [2.75, 3.05) is 19.3 Å². The lowest BCUT2D eigenvalue weighted by Gasteiger charge is -1.99. The van der Waals surface area contributed by atoms with E-state index in [-0.39, 0.29) is 0 Å². The van der Waals surface area contributed by atoms with Gasteiger partial charge in [0.15, 0.2) is 0 Å². The first kappa shape index (κ1) is 10.8. The second-order valence-corrected chi connectivity index (χ2v) is 3.86. The Morgan fingerprint density at radius 2 is 1.55 bits per heavy atom. The number of hydroxylamine groups is 2. The first-order chi connectivity index (χ1) is 4.89. The zero-order valence-electron chi connectivity index (χ0n) is 6.39. The lowest BCUT2D eigenvalue weighted by atomic mass is 10.4. The van der Waals surface area contributed by atoms with E-state index < -0.39 is 10.1 Å². The Kier molecular flexibility index (Phi) is 4.58. The van der Waals surface area contributed by atoms with Gasteiger partial charge in [-0.25, -0.2) is 0 Å². The first-order valence-corrected chi connectivity index (χ1v) is 5.10. The molecule has 0 atom stereocenters. The highest BCUT2D eigenvalue weighted by Crippen LogP contribution is 2.01. The lowest BCUT2D eigenvalue weighted by Crippen LogP contribution is -2.11. The molecule has 68 valence electrons. The molecule has 1 saturated heterocycles. The molecule has 0 aromatic rings. The van der Waals surface area contributed by atoms with Crippen molar-refractivity contribution in [1.82, 2.24) is 5.06 Å². The number of hydrogen-bond acceptors (Lipinski definition) is 4. The van der Waals surface area contributed by atoms with Crippen LogP contribution in [0.15, 0.2) is 0 Å². The van der Waals surface area contributed by atoms with E-state index in [0.29, 0.717) is 6.26 Å². The smallest absolute Gasteiger partial charge is 0.261 e. The van der Waals surface area contributed by atoms with E-state index in [0.717, 1.165) is 25.9 Å². The van der Waals surface area contributed by atoms with Crippen molar-refractivity contribution in [3.63, 3.8) is 0 Å². The van der Waals surface area contributed by atoms with Crippen LogP contribution in [0, 0.1) is 0 Å². The summed E-state index contributed by atoms with van der Waals surface area (Å²) < 4.78 is 25.9. The molecule has 1 heterocycles. The van der Waals surface area contributed by atoms with Gasteiger partial charge in [-0.3, -0.25) is 4.55 Å². The summed E-state index contributed by atoms with van der Waals surface area (Å²) in [5.74, 6) is 0. The number of rotatable bonds is 0. The van der Waals surface area contributed by atoms with Gasteiger partial charge in [-0.15, -0.1) is 0 Å². The summed E-state index contributed by atoms with van der Waals surface area (Å²) in [5, 5.41) is 9.92. The summed E-state index contributed by atoms with van der Waals surface area (Å²) in [6, 6.07) is 0. The molecule has 0 saturated carbocycles. The van der Waals surface area contributed by atoms with E-state index in [1.54, 1.807) is 0 Å². The molecule has 1 fully saturated rings. The minimum Gasteiger partial charge on any atom is -0.314 e. The van der Waals surface area contributed by atoms with Crippen LogP contribution in [0.4, 0.5) is 0 Å². The zero-order valence-corrected chi connectivity index (χ0v) is 7.21. The van der Waals surface area contributed by atoms with E-state index in [2.05, 4.69) is 0 Å². The monoisotopic (exact) mass is 183 g/mol. The number of nitrogens with zero attached hydrogens (tertiary/aromatic N) is 1. The van der Waals surface area contributed by atoms with Gasteiger partial charge >= 0.3 is 0 Å². The SMILES string of the molecule is CS(=O)(=O)O.ON1CCCC1. The molecule has 0 amide bonds. The maximum Gasteiger partial charge on any atom is 0.261 e. The molecule has 0 radical (unpaired) electrons. The Labute approximate surface area is 66.3 Å². The molecule has 0 unspecified atom stereocenters. The van der Waals surface area contributed by atoms with E-state index in [4.69, 9.17) is 9.76 Å². The average Bonchev–Trinajstić information content (AvgIpc) is 2.12. The van der Waals surface area contributed by atoms with Gasteiger partial charge in [-0.1, -0.05) is 0 Å². The molecule has 0 bridgehead atoms. The van der Waals surface area contributed by atoms with Crippen LogP contribution in [-0.2, 0) is 10.1 Å².